The zero-order valence-electron chi connectivity index (χ0n) is 7.97. The van der Waals surface area contributed by atoms with Crippen LogP contribution in [-0.2, 0) is 0 Å². The van der Waals surface area contributed by atoms with Gasteiger partial charge in [-0.1, -0.05) is 19.8 Å². The Bertz CT molecular complexity index is 76.9. The topological polar surface area (TPSA) is 3.24 Å². The van der Waals surface area contributed by atoms with Crippen LogP contribution in [0.5, 0.6) is 0 Å². The van der Waals surface area contributed by atoms with E-state index in [2.05, 4.69) is 32.6 Å². The Balaban J connectivity index is 3.51. The maximum absolute atomic E-state index is 3.87. The number of hydrogen-bond acceptors (Lipinski definition) is 1. The summed E-state index contributed by atoms with van der Waals surface area (Å²) in [4.78, 5) is 2.30. The summed E-state index contributed by atoms with van der Waals surface area (Å²) in [5.74, 6) is 0. The van der Waals surface area contributed by atoms with Crippen LogP contribution in [0, 0.1) is 13.8 Å². The van der Waals surface area contributed by atoms with Gasteiger partial charge >= 0.3 is 0 Å². The Morgan fingerprint density at radius 2 is 1.82 bits per heavy atom. The molecule has 0 aliphatic carbocycles. The van der Waals surface area contributed by atoms with E-state index in [0.29, 0.717) is 6.04 Å². The van der Waals surface area contributed by atoms with Crippen molar-refractivity contribution in [1.29, 1.82) is 0 Å². The molecule has 0 rings (SSSR count). The Hall–Kier alpha value is -0.0400. The first-order valence-corrected chi connectivity index (χ1v) is 4.58. The third-order valence-corrected chi connectivity index (χ3v) is 2.17. The molecule has 0 aromatic rings. The number of rotatable bonds is 6. The van der Waals surface area contributed by atoms with E-state index in [1.165, 1.54) is 19.3 Å². The molecule has 0 aliphatic heterocycles. The molecule has 66 valence electrons. The molecular weight excluding hydrogens is 134 g/mol. The van der Waals surface area contributed by atoms with Crippen LogP contribution in [0.1, 0.15) is 33.1 Å². The zero-order valence-corrected chi connectivity index (χ0v) is 7.97. The Labute approximate surface area is 71.8 Å². The molecule has 1 unspecified atom stereocenters. The minimum atomic E-state index is 0.657. The highest BCUT2D eigenvalue weighted by atomic mass is 15.1. The number of hydrogen-bond donors (Lipinski definition) is 0. The van der Waals surface area contributed by atoms with E-state index in [-0.39, 0.29) is 0 Å². The van der Waals surface area contributed by atoms with Crippen molar-refractivity contribution in [1.82, 2.24) is 4.90 Å². The van der Waals surface area contributed by atoms with E-state index >= 15 is 0 Å². The molecule has 0 bridgehead atoms. The van der Waals surface area contributed by atoms with Crippen molar-refractivity contribution in [3.8, 4) is 0 Å². The van der Waals surface area contributed by atoms with Crippen LogP contribution in [0.4, 0.5) is 0 Å². The first-order chi connectivity index (χ1) is 5.26. The molecular formula is C10H21N. The van der Waals surface area contributed by atoms with Gasteiger partial charge in [0.05, 0.1) is 0 Å². The van der Waals surface area contributed by atoms with Crippen LogP contribution in [0.3, 0.4) is 0 Å². The monoisotopic (exact) mass is 155 g/mol. The number of unbranched alkanes of at least 4 members (excludes halogenated alkanes) is 1. The summed E-state index contributed by atoms with van der Waals surface area (Å²) >= 11 is 0. The van der Waals surface area contributed by atoms with E-state index in [9.17, 15) is 0 Å². The molecule has 0 aliphatic rings. The van der Waals surface area contributed by atoms with Crippen molar-refractivity contribution in [3.63, 3.8) is 0 Å². The van der Waals surface area contributed by atoms with E-state index < -0.39 is 0 Å². The third-order valence-electron chi connectivity index (χ3n) is 2.17. The van der Waals surface area contributed by atoms with Gasteiger partial charge in [-0.15, -0.1) is 0 Å². The fourth-order valence-electron chi connectivity index (χ4n) is 1.23. The van der Waals surface area contributed by atoms with Crippen LogP contribution in [0.25, 0.3) is 0 Å². The van der Waals surface area contributed by atoms with Gasteiger partial charge in [-0.25, -0.2) is 0 Å². The lowest BCUT2D eigenvalue weighted by atomic mass is 10.1. The van der Waals surface area contributed by atoms with E-state index in [4.69, 9.17) is 0 Å². The minimum Gasteiger partial charge on any atom is -0.301 e. The van der Waals surface area contributed by atoms with Crippen molar-refractivity contribution in [2.75, 3.05) is 13.1 Å². The van der Waals surface area contributed by atoms with Crippen LogP contribution in [-0.4, -0.2) is 24.0 Å². The lowest BCUT2D eigenvalue weighted by Crippen LogP contribution is -2.32. The van der Waals surface area contributed by atoms with E-state index in [0.717, 1.165) is 13.1 Å². The molecule has 1 heteroatoms. The molecule has 0 heterocycles. The van der Waals surface area contributed by atoms with Gasteiger partial charge in [0.2, 0.25) is 0 Å². The van der Waals surface area contributed by atoms with Gasteiger partial charge < -0.3 is 4.90 Å². The second kappa shape index (κ2) is 6.66. The first kappa shape index (κ1) is 11.0. The lowest BCUT2D eigenvalue weighted by molar-refractivity contribution is 0.238. The van der Waals surface area contributed by atoms with Crippen LogP contribution in [0.2, 0.25) is 0 Å². The fraction of sp³-hybridized carbons (Fsp3) is 0.800. The molecule has 0 saturated heterocycles. The summed E-state index contributed by atoms with van der Waals surface area (Å²) in [6.45, 7) is 14.0. The minimum absolute atomic E-state index is 0.657. The van der Waals surface area contributed by atoms with Crippen molar-refractivity contribution in [3.05, 3.63) is 13.8 Å². The highest BCUT2D eigenvalue weighted by Gasteiger charge is 2.07. The zero-order chi connectivity index (χ0) is 8.69. The molecule has 0 N–H and O–H groups in total. The van der Waals surface area contributed by atoms with Gasteiger partial charge in [0, 0.05) is 6.04 Å². The second-order valence-corrected chi connectivity index (χ2v) is 3.03. The summed E-state index contributed by atoms with van der Waals surface area (Å²) in [5.41, 5.74) is 0. The molecule has 0 saturated carbocycles. The number of nitrogens with zero attached hydrogens (tertiary/aromatic N) is 1. The SMILES string of the molecule is [CH2]CN(C[CH2])C(C)CCCC. The standard InChI is InChI=1S/C10H21N/c1-5-8-9-10(4)11(6-2)7-3/h10H,2-3,5-9H2,1,4H3. The normalized spacial score (nSPS) is 13.9. The fourth-order valence-corrected chi connectivity index (χ4v) is 1.23. The highest BCUT2D eigenvalue weighted by molar-refractivity contribution is 4.68. The smallest absolute Gasteiger partial charge is 0.00669 e. The van der Waals surface area contributed by atoms with Gasteiger partial charge in [-0.2, -0.15) is 0 Å². The quantitative estimate of drug-likeness (QED) is 0.569. The average molecular weight is 155 g/mol. The van der Waals surface area contributed by atoms with E-state index in [1.807, 2.05) is 0 Å². The Morgan fingerprint density at radius 1 is 1.27 bits per heavy atom. The first-order valence-electron chi connectivity index (χ1n) is 4.58. The average Bonchev–Trinajstić information content (AvgIpc) is 2.03. The van der Waals surface area contributed by atoms with Gasteiger partial charge in [0.1, 0.15) is 0 Å². The summed E-state index contributed by atoms with van der Waals surface area (Å²) < 4.78 is 0. The molecule has 0 aromatic heterocycles. The van der Waals surface area contributed by atoms with Crippen molar-refractivity contribution in [2.24, 2.45) is 0 Å². The molecule has 0 spiro atoms. The van der Waals surface area contributed by atoms with E-state index in [1.54, 1.807) is 0 Å². The van der Waals surface area contributed by atoms with Crippen LogP contribution in [0.15, 0.2) is 0 Å². The Kier molecular flexibility index (Phi) is 6.63. The molecule has 0 amide bonds. The molecule has 1 nitrogen and oxygen atoms in total. The van der Waals surface area contributed by atoms with Crippen molar-refractivity contribution < 1.29 is 0 Å². The summed E-state index contributed by atoms with van der Waals surface area (Å²) in [6.07, 6.45) is 3.88. The molecule has 2 radical (unpaired) electrons. The maximum Gasteiger partial charge on any atom is 0.00669 e. The second-order valence-electron chi connectivity index (χ2n) is 3.03. The molecule has 11 heavy (non-hydrogen) atoms. The summed E-state index contributed by atoms with van der Waals surface area (Å²) in [7, 11) is 0. The third kappa shape index (κ3) is 4.41. The predicted octanol–water partition coefficient (Wildman–Crippen LogP) is 2.54. The Morgan fingerprint density at radius 3 is 2.18 bits per heavy atom. The van der Waals surface area contributed by atoms with Crippen molar-refractivity contribution >= 4 is 0 Å². The summed E-state index contributed by atoms with van der Waals surface area (Å²) in [5, 5.41) is 0. The van der Waals surface area contributed by atoms with Crippen LogP contribution < -0.4 is 0 Å². The maximum atomic E-state index is 3.87. The van der Waals surface area contributed by atoms with Gasteiger partial charge in [-0.3, -0.25) is 0 Å². The molecule has 1 atom stereocenters. The van der Waals surface area contributed by atoms with Gasteiger partial charge in [0.25, 0.3) is 0 Å². The van der Waals surface area contributed by atoms with Gasteiger partial charge in [0.15, 0.2) is 0 Å². The predicted molar refractivity (Wildman–Crippen MR) is 51.3 cm³/mol. The van der Waals surface area contributed by atoms with Crippen LogP contribution >= 0.6 is 0 Å². The largest absolute Gasteiger partial charge is 0.301 e. The molecule has 0 aromatic carbocycles. The lowest BCUT2D eigenvalue weighted by Gasteiger charge is -2.25. The van der Waals surface area contributed by atoms with Gasteiger partial charge in [-0.05, 0) is 40.3 Å². The summed E-state index contributed by atoms with van der Waals surface area (Å²) in [6, 6.07) is 0.657. The molecule has 0 fully saturated rings. The highest BCUT2D eigenvalue weighted by Crippen LogP contribution is 2.06. The van der Waals surface area contributed by atoms with Crippen molar-refractivity contribution in [2.45, 2.75) is 39.2 Å².